The zero-order valence-electron chi connectivity index (χ0n) is 17.6. The quantitative estimate of drug-likeness (QED) is 0.701. The Morgan fingerprint density at radius 1 is 1.10 bits per heavy atom. The Balaban J connectivity index is 2.29. The lowest BCUT2D eigenvalue weighted by atomic mass is 10.1. The van der Waals surface area contributed by atoms with Gasteiger partial charge in [0.2, 0.25) is 15.9 Å². The lowest BCUT2D eigenvalue weighted by Gasteiger charge is -2.24. The SMILES string of the molecule is Cc1ccc(Cl)cc1N(CC(=O)Nc1ccccc1C(=O)NC(C)(C)C)S(C)(=O)=O. The fraction of sp³-hybridized carbons (Fsp3) is 0.333. The Hall–Kier alpha value is -2.58. The molecule has 2 N–H and O–H groups in total. The number of carbonyl (C=O) groups excluding carboxylic acids is 2. The molecular weight excluding hydrogens is 426 g/mol. The van der Waals surface area contributed by atoms with Crippen molar-refractivity contribution >= 4 is 44.8 Å². The number of anilines is 2. The summed E-state index contributed by atoms with van der Waals surface area (Å²) in [5.74, 6) is -0.931. The molecule has 0 unspecified atom stereocenters. The summed E-state index contributed by atoms with van der Waals surface area (Å²) in [4.78, 5) is 25.3. The topological polar surface area (TPSA) is 95.6 Å². The van der Waals surface area contributed by atoms with Crippen LogP contribution in [0.5, 0.6) is 0 Å². The second kappa shape index (κ2) is 9.06. The van der Waals surface area contributed by atoms with Gasteiger partial charge in [-0.2, -0.15) is 0 Å². The molecule has 2 aromatic rings. The van der Waals surface area contributed by atoms with E-state index in [1.54, 1.807) is 43.3 Å². The number of amides is 2. The lowest BCUT2D eigenvalue weighted by Crippen LogP contribution is -2.41. The Labute approximate surface area is 182 Å². The minimum absolute atomic E-state index is 0.283. The third-order valence-corrected chi connectivity index (χ3v) is 5.42. The van der Waals surface area contributed by atoms with Gasteiger partial charge in [0.05, 0.1) is 23.2 Å². The van der Waals surface area contributed by atoms with E-state index < -0.39 is 28.0 Å². The van der Waals surface area contributed by atoms with Gasteiger partial charge in [0, 0.05) is 10.6 Å². The van der Waals surface area contributed by atoms with Gasteiger partial charge in [-0.3, -0.25) is 13.9 Å². The van der Waals surface area contributed by atoms with E-state index in [0.29, 0.717) is 22.0 Å². The van der Waals surface area contributed by atoms with Crippen molar-refractivity contribution in [2.75, 3.05) is 22.4 Å². The first kappa shape index (κ1) is 23.7. The van der Waals surface area contributed by atoms with Crippen molar-refractivity contribution in [3.8, 4) is 0 Å². The molecule has 0 spiro atoms. The highest BCUT2D eigenvalue weighted by Crippen LogP contribution is 2.26. The average Bonchev–Trinajstić information content (AvgIpc) is 2.60. The second-order valence-electron chi connectivity index (χ2n) is 8.00. The standard InChI is InChI=1S/C21H26ClN3O4S/c1-14-10-11-15(22)12-18(14)25(30(5,28)29)13-19(26)23-17-9-7-6-8-16(17)20(27)24-21(2,3)4/h6-12H,13H2,1-5H3,(H,23,26)(H,24,27). The molecule has 162 valence electrons. The van der Waals surface area contributed by atoms with Crippen LogP contribution in [0.1, 0.15) is 36.7 Å². The highest BCUT2D eigenvalue weighted by Gasteiger charge is 2.24. The summed E-state index contributed by atoms with van der Waals surface area (Å²) >= 11 is 6.02. The molecule has 0 saturated heterocycles. The Morgan fingerprint density at radius 3 is 2.33 bits per heavy atom. The minimum Gasteiger partial charge on any atom is -0.347 e. The normalized spacial score (nSPS) is 11.7. The Bertz CT molecular complexity index is 1060. The molecule has 0 aliphatic heterocycles. The van der Waals surface area contributed by atoms with Crippen molar-refractivity contribution in [3.63, 3.8) is 0 Å². The summed E-state index contributed by atoms with van der Waals surface area (Å²) < 4.78 is 25.7. The number of nitrogens with zero attached hydrogens (tertiary/aromatic N) is 1. The maximum atomic E-state index is 12.7. The van der Waals surface area contributed by atoms with Gasteiger partial charge in [-0.25, -0.2) is 8.42 Å². The molecule has 0 heterocycles. The zero-order valence-corrected chi connectivity index (χ0v) is 19.2. The summed E-state index contributed by atoms with van der Waals surface area (Å²) in [6, 6.07) is 11.4. The van der Waals surface area contributed by atoms with Crippen LogP contribution in [0.4, 0.5) is 11.4 Å². The molecule has 9 heteroatoms. The first-order valence-corrected chi connectivity index (χ1v) is 11.5. The summed E-state index contributed by atoms with van der Waals surface area (Å²) in [6.45, 7) is 6.82. The largest absolute Gasteiger partial charge is 0.347 e. The average molecular weight is 452 g/mol. The number of para-hydroxylation sites is 1. The van der Waals surface area contributed by atoms with Crippen molar-refractivity contribution < 1.29 is 18.0 Å². The van der Waals surface area contributed by atoms with Crippen molar-refractivity contribution in [2.24, 2.45) is 0 Å². The number of rotatable bonds is 6. The van der Waals surface area contributed by atoms with E-state index in [9.17, 15) is 18.0 Å². The van der Waals surface area contributed by atoms with Crippen molar-refractivity contribution in [1.82, 2.24) is 5.32 Å². The van der Waals surface area contributed by atoms with E-state index in [-0.39, 0.29) is 11.5 Å². The molecule has 30 heavy (non-hydrogen) atoms. The predicted octanol–water partition coefficient (Wildman–Crippen LogP) is 3.58. The maximum absolute atomic E-state index is 12.7. The van der Waals surface area contributed by atoms with Crippen molar-refractivity contribution in [1.29, 1.82) is 0 Å². The van der Waals surface area contributed by atoms with Gasteiger partial charge < -0.3 is 10.6 Å². The number of aryl methyl sites for hydroxylation is 1. The lowest BCUT2D eigenvalue weighted by molar-refractivity contribution is -0.114. The fourth-order valence-corrected chi connectivity index (χ4v) is 3.82. The molecule has 0 saturated carbocycles. The first-order valence-electron chi connectivity index (χ1n) is 9.23. The number of hydrogen-bond acceptors (Lipinski definition) is 4. The molecular formula is C21H26ClN3O4S. The summed E-state index contributed by atoms with van der Waals surface area (Å²) in [5, 5.41) is 5.84. The predicted molar refractivity (Wildman–Crippen MR) is 121 cm³/mol. The van der Waals surface area contributed by atoms with Crippen LogP contribution in [-0.2, 0) is 14.8 Å². The number of nitrogens with one attached hydrogen (secondary N) is 2. The van der Waals surface area contributed by atoms with E-state index in [2.05, 4.69) is 10.6 Å². The number of sulfonamides is 1. The van der Waals surface area contributed by atoms with Gasteiger partial charge in [-0.05, 0) is 57.5 Å². The summed E-state index contributed by atoms with van der Waals surface area (Å²) in [6.07, 6.45) is 1.02. The Morgan fingerprint density at radius 2 is 1.73 bits per heavy atom. The molecule has 0 atom stereocenters. The summed E-state index contributed by atoms with van der Waals surface area (Å²) in [5.41, 5.74) is 1.10. The molecule has 2 amide bonds. The number of carbonyl (C=O) groups is 2. The van der Waals surface area contributed by atoms with Crippen LogP contribution < -0.4 is 14.9 Å². The van der Waals surface area contributed by atoms with Crippen LogP contribution in [0.25, 0.3) is 0 Å². The maximum Gasteiger partial charge on any atom is 0.253 e. The van der Waals surface area contributed by atoms with Gasteiger partial charge in [-0.1, -0.05) is 29.8 Å². The van der Waals surface area contributed by atoms with E-state index >= 15 is 0 Å². The van der Waals surface area contributed by atoms with Gasteiger partial charge >= 0.3 is 0 Å². The van der Waals surface area contributed by atoms with Gasteiger partial charge in [0.15, 0.2) is 0 Å². The minimum atomic E-state index is -3.76. The molecule has 0 radical (unpaired) electrons. The molecule has 0 aromatic heterocycles. The summed E-state index contributed by atoms with van der Waals surface area (Å²) in [7, 11) is -3.76. The van der Waals surface area contributed by atoms with Crippen molar-refractivity contribution in [2.45, 2.75) is 33.2 Å². The highest BCUT2D eigenvalue weighted by atomic mass is 35.5. The van der Waals surface area contributed by atoms with E-state index in [1.165, 1.54) is 6.07 Å². The zero-order chi connectivity index (χ0) is 22.7. The van der Waals surface area contributed by atoms with Crippen LogP contribution >= 0.6 is 11.6 Å². The van der Waals surface area contributed by atoms with Crippen molar-refractivity contribution in [3.05, 3.63) is 58.6 Å². The third-order valence-electron chi connectivity index (χ3n) is 4.06. The fourth-order valence-electron chi connectivity index (χ4n) is 2.75. The van der Waals surface area contributed by atoms with Gasteiger partial charge in [-0.15, -0.1) is 0 Å². The van der Waals surface area contributed by atoms with Gasteiger partial charge in [0.25, 0.3) is 5.91 Å². The van der Waals surface area contributed by atoms with Crippen LogP contribution in [0.2, 0.25) is 5.02 Å². The molecule has 2 aromatic carbocycles. The van der Waals surface area contributed by atoms with Crippen LogP contribution in [-0.4, -0.2) is 38.6 Å². The highest BCUT2D eigenvalue weighted by molar-refractivity contribution is 7.92. The molecule has 2 rings (SSSR count). The monoisotopic (exact) mass is 451 g/mol. The molecule has 7 nitrogen and oxygen atoms in total. The molecule has 0 fully saturated rings. The Kier molecular flexibility index (Phi) is 7.15. The van der Waals surface area contributed by atoms with Crippen LogP contribution in [0, 0.1) is 6.92 Å². The van der Waals surface area contributed by atoms with E-state index in [0.717, 1.165) is 10.6 Å². The number of hydrogen-bond donors (Lipinski definition) is 2. The first-order chi connectivity index (χ1) is 13.8. The number of benzene rings is 2. The smallest absolute Gasteiger partial charge is 0.253 e. The van der Waals surface area contributed by atoms with E-state index in [1.807, 2.05) is 20.8 Å². The van der Waals surface area contributed by atoms with Crippen LogP contribution in [0.3, 0.4) is 0 Å². The molecule has 0 bridgehead atoms. The molecule has 0 aliphatic carbocycles. The van der Waals surface area contributed by atoms with Gasteiger partial charge in [0.1, 0.15) is 6.54 Å². The number of halogens is 1. The molecule has 0 aliphatic rings. The second-order valence-corrected chi connectivity index (χ2v) is 10.3. The third kappa shape index (κ3) is 6.47. The van der Waals surface area contributed by atoms with Crippen LogP contribution in [0.15, 0.2) is 42.5 Å². The van der Waals surface area contributed by atoms with E-state index in [4.69, 9.17) is 11.6 Å².